The molecule has 1 aromatic heterocycles. The fourth-order valence-electron chi connectivity index (χ4n) is 2.05. The van der Waals surface area contributed by atoms with Crippen molar-refractivity contribution >= 4 is 33.9 Å². The van der Waals surface area contributed by atoms with Gasteiger partial charge in [-0.1, -0.05) is 30.4 Å². The van der Waals surface area contributed by atoms with Crippen molar-refractivity contribution in [1.29, 1.82) is 0 Å². The second kappa shape index (κ2) is 5.85. The van der Waals surface area contributed by atoms with Gasteiger partial charge in [-0.05, 0) is 19.1 Å². The van der Waals surface area contributed by atoms with Crippen molar-refractivity contribution < 1.29 is 13.2 Å². The van der Waals surface area contributed by atoms with Crippen LogP contribution in [0.5, 0.6) is 0 Å². The molecule has 1 aromatic carbocycles. The number of anilines is 1. The molecule has 2 rings (SSSR count). The smallest absolute Gasteiger partial charge is 0.389 e. The number of pyridine rings is 1. The van der Waals surface area contributed by atoms with E-state index in [1.807, 2.05) is 12.1 Å². The van der Waals surface area contributed by atoms with Gasteiger partial charge < -0.3 is 11.1 Å². The molecular formula is C14H14F3N3S. The Balaban J connectivity index is 2.37. The third-order valence-corrected chi connectivity index (χ3v) is 3.13. The molecule has 7 heteroatoms. The number of fused-ring (bicyclic) bond motifs is 1. The summed E-state index contributed by atoms with van der Waals surface area (Å²) in [5, 5.41) is 3.57. The molecule has 0 aliphatic carbocycles. The fourth-order valence-corrected chi connectivity index (χ4v) is 2.20. The van der Waals surface area contributed by atoms with Gasteiger partial charge in [-0.25, -0.2) is 4.98 Å². The Kier molecular flexibility index (Phi) is 4.32. The molecule has 21 heavy (non-hydrogen) atoms. The predicted molar refractivity (Wildman–Crippen MR) is 81.4 cm³/mol. The summed E-state index contributed by atoms with van der Waals surface area (Å²) in [7, 11) is 0. The second-order valence-corrected chi connectivity index (χ2v) is 5.25. The van der Waals surface area contributed by atoms with Gasteiger partial charge in [-0.15, -0.1) is 0 Å². The van der Waals surface area contributed by atoms with Crippen LogP contribution < -0.4 is 11.1 Å². The third-order valence-electron chi connectivity index (χ3n) is 2.91. The van der Waals surface area contributed by atoms with E-state index in [0.717, 1.165) is 5.39 Å². The molecule has 1 atom stereocenters. The standard InChI is InChI=1S/C14H14F3N3S/c1-8(7-14(15,16)17)19-13-10(12(18)21)6-9-4-2-3-5-11(9)20-13/h2-6,8H,7H2,1H3,(H2,18,21)(H,19,20). The average molecular weight is 313 g/mol. The minimum absolute atomic E-state index is 0.0926. The molecule has 0 saturated carbocycles. The summed E-state index contributed by atoms with van der Waals surface area (Å²) in [5.74, 6) is 0.276. The first-order chi connectivity index (χ1) is 9.76. The number of hydrogen-bond acceptors (Lipinski definition) is 3. The molecular weight excluding hydrogens is 299 g/mol. The Morgan fingerprint density at radius 3 is 2.67 bits per heavy atom. The summed E-state index contributed by atoms with van der Waals surface area (Å²) in [6.07, 6.45) is -5.20. The molecule has 0 bridgehead atoms. The summed E-state index contributed by atoms with van der Waals surface area (Å²) in [6, 6.07) is 8.16. The normalized spacial score (nSPS) is 13.1. The molecule has 1 unspecified atom stereocenters. The lowest BCUT2D eigenvalue weighted by Crippen LogP contribution is -2.26. The first-order valence-corrected chi connectivity index (χ1v) is 6.70. The fraction of sp³-hybridized carbons (Fsp3) is 0.286. The number of hydrogen-bond donors (Lipinski definition) is 2. The van der Waals surface area contributed by atoms with Gasteiger partial charge in [0, 0.05) is 11.4 Å². The highest BCUT2D eigenvalue weighted by molar-refractivity contribution is 7.80. The van der Waals surface area contributed by atoms with E-state index in [1.54, 1.807) is 18.2 Å². The zero-order valence-corrected chi connectivity index (χ0v) is 12.1. The minimum atomic E-state index is -4.24. The SMILES string of the molecule is CC(CC(F)(F)F)Nc1nc2ccccc2cc1C(N)=S. The number of alkyl halides is 3. The Morgan fingerprint density at radius 2 is 2.05 bits per heavy atom. The first kappa shape index (κ1) is 15.5. The van der Waals surface area contributed by atoms with E-state index in [0.29, 0.717) is 11.1 Å². The van der Waals surface area contributed by atoms with Gasteiger partial charge in [0.1, 0.15) is 10.8 Å². The predicted octanol–water partition coefficient (Wildman–Crippen LogP) is 3.62. The van der Waals surface area contributed by atoms with E-state index in [2.05, 4.69) is 10.3 Å². The van der Waals surface area contributed by atoms with E-state index in [4.69, 9.17) is 18.0 Å². The Bertz CT molecular complexity index is 670. The van der Waals surface area contributed by atoms with Crippen LogP contribution in [0.1, 0.15) is 18.9 Å². The van der Waals surface area contributed by atoms with Crippen LogP contribution in [0.3, 0.4) is 0 Å². The van der Waals surface area contributed by atoms with Gasteiger partial charge in [0.05, 0.1) is 17.5 Å². The van der Waals surface area contributed by atoms with Crippen LogP contribution in [0.4, 0.5) is 19.0 Å². The number of aromatic nitrogens is 1. The Labute approximate surface area is 125 Å². The number of nitrogens with one attached hydrogen (secondary N) is 1. The van der Waals surface area contributed by atoms with E-state index in [1.165, 1.54) is 6.92 Å². The van der Waals surface area contributed by atoms with Crippen LogP contribution in [0.2, 0.25) is 0 Å². The molecule has 112 valence electrons. The topological polar surface area (TPSA) is 50.9 Å². The first-order valence-electron chi connectivity index (χ1n) is 6.29. The quantitative estimate of drug-likeness (QED) is 0.847. The molecule has 0 radical (unpaired) electrons. The molecule has 0 amide bonds. The number of rotatable bonds is 4. The van der Waals surface area contributed by atoms with E-state index in [9.17, 15) is 13.2 Å². The average Bonchev–Trinajstić information content (AvgIpc) is 2.35. The lowest BCUT2D eigenvalue weighted by Gasteiger charge is -2.18. The van der Waals surface area contributed by atoms with Gasteiger partial charge in [0.25, 0.3) is 0 Å². The van der Waals surface area contributed by atoms with Crippen molar-refractivity contribution in [3.05, 3.63) is 35.9 Å². The van der Waals surface area contributed by atoms with Crippen LogP contribution in [0.15, 0.2) is 30.3 Å². The monoisotopic (exact) mass is 313 g/mol. The van der Waals surface area contributed by atoms with E-state index >= 15 is 0 Å². The van der Waals surface area contributed by atoms with Crippen molar-refractivity contribution in [3.63, 3.8) is 0 Å². The summed E-state index contributed by atoms with van der Waals surface area (Å²) in [4.78, 5) is 4.41. The van der Waals surface area contributed by atoms with Crippen molar-refractivity contribution in [2.75, 3.05) is 5.32 Å². The zero-order chi connectivity index (χ0) is 15.6. The van der Waals surface area contributed by atoms with Crippen molar-refractivity contribution in [1.82, 2.24) is 4.98 Å². The molecule has 0 saturated heterocycles. The van der Waals surface area contributed by atoms with Gasteiger partial charge in [0.2, 0.25) is 0 Å². The third kappa shape index (κ3) is 4.04. The molecule has 2 aromatic rings. The maximum atomic E-state index is 12.4. The largest absolute Gasteiger partial charge is 0.391 e. The van der Waals surface area contributed by atoms with Crippen molar-refractivity contribution in [3.8, 4) is 0 Å². The molecule has 0 aliphatic rings. The zero-order valence-electron chi connectivity index (χ0n) is 11.2. The van der Waals surface area contributed by atoms with Crippen molar-refractivity contribution in [2.24, 2.45) is 5.73 Å². The number of nitrogens with zero attached hydrogens (tertiary/aromatic N) is 1. The van der Waals surface area contributed by atoms with Gasteiger partial charge >= 0.3 is 6.18 Å². The number of halogens is 3. The lowest BCUT2D eigenvalue weighted by molar-refractivity contribution is -0.136. The molecule has 3 nitrogen and oxygen atoms in total. The van der Waals surface area contributed by atoms with Gasteiger partial charge in [0.15, 0.2) is 0 Å². The van der Waals surface area contributed by atoms with E-state index < -0.39 is 18.6 Å². The van der Waals surface area contributed by atoms with Crippen LogP contribution in [-0.2, 0) is 0 Å². The number of thiocarbonyl (C=S) groups is 1. The van der Waals surface area contributed by atoms with E-state index in [-0.39, 0.29) is 10.8 Å². The molecule has 0 fully saturated rings. The second-order valence-electron chi connectivity index (χ2n) is 4.81. The number of nitrogens with two attached hydrogens (primary N) is 1. The molecule has 0 aliphatic heterocycles. The van der Waals surface area contributed by atoms with Crippen molar-refractivity contribution in [2.45, 2.75) is 25.6 Å². The van der Waals surface area contributed by atoms with Gasteiger partial charge in [-0.2, -0.15) is 13.2 Å². The lowest BCUT2D eigenvalue weighted by atomic mass is 10.1. The molecule has 0 spiro atoms. The maximum absolute atomic E-state index is 12.4. The Hall–Kier alpha value is -1.89. The highest BCUT2D eigenvalue weighted by Crippen LogP contribution is 2.25. The number of para-hydroxylation sites is 1. The summed E-state index contributed by atoms with van der Waals surface area (Å²) in [6.45, 7) is 1.44. The van der Waals surface area contributed by atoms with Crippen LogP contribution in [-0.4, -0.2) is 22.2 Å². The highest BCUT2D eigenvalue weighted by Gasteiger charge is 2.30. The summed E-state index contributed by atoms with van der Waals surface area (Å²) >= 11 is 4.95. The van der Waals surface area contributed by atoms with Gasteiger partial charge in [-0.3, -0.25) is 0 Å². The highest BCUT2D eigenvalue weighted by atomic mass is 32.1. The Morgan fingerprint density at radius 1 is 1.38 bits per heavy atom. The molecule has 3 N–H and O–H groups in total. The summed E-state index contributed by atoms with van der Waals surface area (Å²) < 4.78 is 37.2. The van der Waals surface area contributed by atoms with Crippen LogP contribution in [0, 0.1) is 0 Å². The maximum Gasteiger partial charge on any atom is 0.391 e. The number of benzene rings is 1. The van der Waals surface area contributed by atoms with Crippen LogP contribution >= 0.6 is 12.2 Å². The summed E-state index contributed by atoms with van der Waals surface area (Å²) in [5.41, 5.74) is 6.75. The molecule has 1 heterocycles. The van der Waals surface area contributed by atoms with Crippen LogP contribution in [0.25, 0.3) is 10.9 Å². The minimum Gasteiger partial charge on any atom is -0.389 e.